The van der Waals surface area contributed by atoms with Crippen LogP contribution in [0.15, 0.2) is 24.3 Å². The van der Waals surface area contributed by atoms with Crippen LogP contribution in [0.2, 0.25) is 5.02 Å². The van der Waals surface area contributed by atoms with Gasteiger partial charge in [-0.25, -0.2) is 0 Å². The van der Waals surface area contributed by atoms with Crippen molar-refractivity contribution in [3.63, 3.8) is 0 Å². The van der Waals surface area contributed by atoms with Crippen molar-refractivity contribution in [1.29, 1.82) is 5.26 Å². The molecule has 90 valence electrons. The van der Waals surface area contributed by atoms with Gasteiger partial charge < -0.3 is 9.84 Å². The number of halogens is 1. The lowest BCUT2D eigenvalue weighted by molar-refractivity contribution is -0.0481. The van der Waals surface area contributed by atoms with E-state index in [0.717, 1.165) is 0 Å². The first-order valence-electron chi connectivity index (χ1n) is 5.49. The van der Waals surface area contributed by atoms with Gasteiger partial charge in [-0.1, -0.05) is 23.7 Å². The van der Waals surface area contributed by atoms with E-state index in [9.17, 15) is 10.4 Å². The van der Waals surface area contributed by atoms with E-state index in [2.05, 4.69) is 6.07 Å². The van der Waals surface area contributed by atoms with E-state index in [1.165, 1.54) is 0 Å². The fraction of sp³-hybridized carbons (Fsp3) is 0.462. The van der Waals surface area contributed by atoms with Crippen molar-refractivity contribution in [2.24, 2.45) is 5.41 Å². The molecule has 1 aromatic rings. The Labute approximate surface area is 106 Å². The molecule has 1 aliphatic heterocycles. The van der Waals surface area contributed by atoms with Crippen LogP contribution in [0.5, 0.6) is 0 Å². The molecule has 0 aromatic heterocycles. The van der Waals surface area contributed by atoms with Crippen LogP contribution in [-0.4, -0.2) is 18.3 Å². The summed E-state index contributed by atoms with van der Waals surface area (Å²) in [7, 11) is 0. The van der Waals surface area contributed by atoms with Crippen LogP contribution in [0.25, 0.3) is 0 Å². The fourth-order valence-electron chi connectivity index (χ4n) is 2.21. The highest BCUT2D eigenvalue weighted by Crippen LogP contribution is 2.45. The SMILES string of the molecule is CC(O)(c1cccc(Cl)c1)C1(C#N)CCOC1. The van der Waals surface area contributed by atoms with E-state index in [1.807, 2.05) is 0 Å². The number of hydrogen-bond acceptors (Lipinski definition) is 3. The molecule has 1 fully saturated rings. The van der Waals surface area contributed by atoms with Crippen molar-refractivity contribution in [2.75, 3.05) is 13.2 Å². The second-order valence-corrected chi connectivity index (χ2v) is 5.02. The van der Waals surface area contributed by atoms with Crippen LogP contribution in [0, 0.1) is 16.7 Å². The average Bonchev–Trinajstić information content (AvgIpc) is 2.79. The summed E-state index contributed by atoms with van der Waals surface area (Å²) in [5, 5.41) is 20.6. The molecule has 1 aromatic carbocycles. The maximum Gasteiger partial charge on any atom is 0.115 e. The Morgan fingerprint density at radius 2 is 2.35 bits per heavy atom. The van der Waals surface area contributed by atoms with E-state index >= 15 is 0 Å². The zero-order chi connectivity index (χ0) is 12.5. The minimum atomic E-state index is -1.26. The fourth-order valence-corrected chi connectivity index (χ4v) is 2.40. The highest BCUT2D eigenvalue weighted by Gasteiger charge is 2.51. The van der Waals surface area contributed by atoms with Crippen LogP contribution >= 0.6 is 11.6 Å². The number of rotatable bonds is 2. The molecule has 2 rings (SSSR count). The van der Waals surface area contributed by atoms with E-state index in [4.69, 9.17) is 16.3 Å². The van der Waals surface area contributed by atoms with Crippen molar-refractivity contribution < 1.29 is 9.84 Å². The average molecular weight is 252 g/mol. The van der Waals surface area contributed by atoms with Gasteiger partial charge in [0.15, 0.2) is 0 Å². The van der Waals surface area contributed by atoms with Crippen molar-refractivity contribution in [1.82, 2.24) is 0 Å². The van der Waals surface area contributed by atoms with E-state index in [1.54, 1.807) is 31.2 Å². The molecule has 17 heavy (non-hydrogen) atoms. The third-order valence-corrected chi connectivity index (χ3v) is 3.79. The number of nitrogens with zero attached hydrogens (tertiary/aromatic N) is 1. The summed E-state index contributed by atoms with van der Waals surface area (Å²) in [5.74, 6) is 0. The van der Waals surface area contributed by atoms with Crippen molar-refractivity contribution >= 4 is 11.6 Å². The molecule has 1 heterocycles. The summed E-state index contributed by atoms with van der Waals surface area (Å²) in [5.41, 5.74) is -1.50. The number of aliphatic hydroxyl groups is 1. The van der Waals surface area contributed by atoms with Crippen LogP contribution in [0.3, 0.4) is 0 Å². The first kappa shape index (κ1) is 12.4. The molecular weight excluding hydrogens is 238 g/mol. The summed E-state index contributed by atoms with van der Waals surface area (Å²) in [6.07, 6.45) is 0.531. The number of hydrogen-bond donors (Lipinski definition) is 1. The third-order valence-electron chi connectivity index (χ3n) is 3.55. The molecule has 0 saturated carbocycles. The van der Waals surface area contributed by atoms with Crippen LogP contribution < -0.4 is 0 Å². The highest BCUT2D eigenvalue weighted by molar-refractivity contribution is 6.30. The standard InChI is InChI=1S/C13H14ClNO2/c1-12(16,10-3-2-4-11(14)7-10)13(8-15)5-6-17-9-13/h2-4,7,16H,5-6,9H2,1H3. The lowest BCUT2D eigenvalue weighted by Gasteiger charge is -2.36. The molecule has 2 unspecified atom stereocenters. The molecule has 1 aliphatic rings. The molecule has 0 bridgehead atoms. The molecule has 3 nitrogen and oxygen atoms in total. The molecule has 1 saturated heterocycles. The van der Waals surface area contributed by atoms with Crippen molar-refractivity contribution in [2.45, 2.75) is 18.9 Å². The van der Waals surface area contributed by atoms with Gasteiger partial charge in [-0.3, -0.25) is 0 Å². The molecule has 1 N–H and O–H groups in total. The highest BCUT2D eigenvalue weighted by atomic mass is 35.5. The Bertz CT molecular complexity index is 459. The Kier molecular flexibility index (Phi) is 3.13. The third kappa shape index (κ3) is 1.93. The van der Waals surface area contributed by atoms with Gasteiger partial charge in [0.25, 0.3) is 0 Å². The summed E-state index contributed by atoms with van der Waals surface area (Å²) in [6.45, 7) is 2.41. The van der Waals surface area contributed by atoms with E-state index in [-0.39, 0.29) is 6.61 Å². The number of benzene rings is 1. The predicted molar refractivity (Wildman–Crippen MR) is 64.5 cm³/mol. The Morgan fingerprint density at radius 3 is 2.88 bits per heavy atom. The minimum absolute atomic E-state index is 0.253. The Hall–Kier alpha value is -1.08. The molecular formula is C13H14ClNO2. The lowest BCUT2D eigenvalue weighted by Crippen LogP contribution is -2.43. The summed E-state index contributed by atoms with van der Waals surface area (Å²) in [6, 6.07) is 9.20. The minimum Gasteiger partial charge on any atom is -0.384 e. The number of nitriles is 1. The molecule has 0 spiro atoms. The van der Waals surface area contributed by atoms with Crippen LogP contribution in [-0.2, 0) is 10.3 Å². The normalized spacial score (nSPS) is 27.4. The van der Waals surface area contributed by atoms with Gasteiger partial charge in [-0.2, -0.15) is 5.26 Å². The maximum atomic E-state index is 10.7. The molecule has 0 amide bonds. The van der Waals surface area contributed by atoms with Crippen molar-refractivity contribution in [3.05, 3.63) is 34.9 Å². The van der Waals surface area contributed by atoms with Crippen LogP contribution in [0.4, 0.5) is 0 Å². The number of ether oxygens (including phenoxy) is 1. The largest absolute Gasteiger partial charge is 0.384 e. The van der Waals surface area contributed by atoms with Gasteiger partial charge in [0.1, 0.15) is 11.0 Å². The summed E-state index contributed by atoms with van der Waals surface area (Å²) >= 11 is 5.92. The smallest absolute Gasteiger partial charge is 0.115 e. The van der Waals surface area contributed by atoms with Gasteiger partial charge in [-0.15, -0.1) is 0 Å². The Balaban J connectivity index is 2.45. The van der Waals surface area contributed by atoms with E-state index in [0.29, 0.717) is 23.6 Å². The predicted octanol–water partition coefficient (Wildman–Crippen LogP) is 2.48. The second-order valence-electron chi connectivity index (χ2n) is 4.58. The lowest BCUT2D eigenvalue weighted by atomic mass is 9.70. The quantitative estimate of drug-likeness (QED) is 0.879. The Morgan fingerprint density at radius 1 is 1.59 bits per heavy atom. The topological polar surface area (TPSA) is 53.2 Å². The van der Waals surface area contributed by atoms with Crippen LogP contribution in [0.1, 0.15) is 18.9 Å². The zero-order valence-corrected chi connectivity index (χ0v) is 10.4. The zero-order valence-electron chi connectivity index (χ0n) is 9.61. The van der Waals surface area contributed by atoms with Gasteiger partial charge >= 0.3 is 0 Å². The van der Waals surface area contributed by atoms with E-state index < -0.39 is 11.0 Å². The van der Waals surface area contributed by atoms with Gasteiger partial charge in [0.05, 0.1) is 12.7 Å². The first-order valence-corrected chi connectivity index (χ1v) is 5.87. The second kappa shape index (κ2) is 4.30. The van der Waals surface area contributed by atoms with Gasteiger partial charge in [0, 0.05) is 11.6 Å². The maximum absolute atomic E-state index is 10.7. The van der Waals surface area contributed by atoms with Gasteiger partial charge in [0.2, 0.25) is 0 Å². The first-order chi connectivity index (χ1) is 8.02. The molecule has 0 radical (unpaired) electrons. The van der Waals surface area contributed by atoms with Crippen molar-refractivity contribution in [3.8, 4) is 6.07 Å². The molecule has 2 atom stereocenters. The monoisotopic (exact) mass is 251 g/mol. The molecule has 4 heteroatoms. The molecule has 0 aliphatic carbocycles. The summed E-state index contributed by atoms with van der Waals surface area (Å²) in [4.78, 5) is 0. The summed E-state index contributed by atoms with van der Waals surface area (Å²) < 4.78 is 5.27. The van der Waals surface area contributed by atoms with Gasteiger partial charge in [-0.05, 0) is 31.0 Å².